The Morgan fingerprint density at radius 2 is 1.97 bits per heavy atom. The van der Waals surface area contributed by atoms with Crippen molar-refractivity contribution in [3.63, 3.8) is 0 Å². The summed E-state index contributed by atoms with van der Waals surface area (Å²) in [5.74, 6) is 0.716. The number of imidazole rings is 1. The Morgan fingerprint density at radius 1 is 1.17 bits per heavy atom. The number of thiazole rings is 1. The van der Waals surface area contributed by atoms with Crippen LogP contribution in [0.2, 0.25) is 0 Å². The molecule has 10 heteroatoms. The maximum Gasteiger partial charge on any atom is 0.330 e. The summed E-state index contributed by atoms with van der Waals surface area (Å²) in [4.78, 5) is 49.6. The molecule has 0 saturated heterocycles. The lowest BCUT2D eigenvalue weighted by molar-refractivity contribution is -0.116. The molecule has 1 amide bonds. The molecule has 0 saturated carbocycles. The molecule has 0 bridgehead atoms. The van der Waals surface area contributed by atoms with Gasteiger partial charge in [-0.1, -0.05) is 51.5 Å². The number of amides is 1. The number of carbonyl (C=O) groups excluding carboxylic acids is 1. The normalized spacial score (nSPS) is 11.7. The van der Waals surface area contributed by atoms with E-state index in [1.54, 1.807) is 0 Å². The highest BCUT2D eigenvalue weighted by Gasteiger charge is 2.20. The second kappa shape index (κ2) is 10.6. The van der Waals surface area contributed by atoms with Crippen LogP contribution in [-0.2, 0) is 30.7 Å². The van der Waals surface area contributed by atoms with Crippen molar-refractivity contribution in [2.75, 3.05) is 5.32 Å². The first kappa shape index (κ1) is 24.8. The number of nitrogens with one attached hydrogen (secondary N) is 2. The minimum absolute atomic E-state index is 0.166. The van der Waals surface area contributed by atoms with Gasteiger partial charge >= 0.3 is 5.69 Å². The van der Waals surface area contributed by atoms with Gasteiger partial charge in [0.15, 0.2) is 16.3 Å². The van der Waals surface area contributed by atoms with Crippen molar-refractivity contribution in [1.29, 1.82) is 0 Å². The van der Waals surface area contributed by atoms with Crippen LogP contribution in [-0.4, -0.2) is 30.0 Å². The fourth-order valence-corrected chi connectivity index (χ4v) is 5.09. The van der Waals surface area contributed by atoms with Crippen molar-refractivity contribution in [2.45, 2.75) is 72.9 Å². The lowest BCUT2D eigenvalue weighted by Crippen LogP contribution is -2.31. The van der Waals surface area contributed by atoms with Crippen LogP contribution >= 0.6 is 11.3 Å². The van der Waals surface area contributed by atoms with Gasteiger partial charge < -0.3 is 9.88 Å². The van der Waals surface area contributed by atoms with Crippen LogP contribution < -0.4 is 16.6 Å². The second-order valence-electron chi connectivity index (χ2n) is 9.19. The monoisotopic (exact) mass is 496 g/mol. The topological polar surface area (TPSA) is 115 Å². The summed E-state index contributed by atoms with van der Waals surface area (Å²) in [5.41, 5.74) is 1.99. The number of hydrogen-bond acceptors (Lipinski definition) is 6. The predicted molar refractivity (Wildman–Crippen MR) is 140 cm³/mol. The SMILES string of the molecule is CCCCn1c(=O)[nH]c(=O)c2c1nc(CCC(=O)Nc1nc3ccc(CC)cc3s1)n2CC(C)C. The molecule has 0 aliphatic rings. The Labute approximate surface area is 207 Å². The molecule has 0 unspecified atom stereocenters. The quantitative estimate of drug-likeness (QED) is 0.343. The lowest BCUT2D eigenvalue weighted by atomic mass is 10.2. The summed E-state index contributed by atoms with van der Waals surface area (Å²) in [7, 11) is 0. The summed E-state index contributed by atoms with van der Waals surface area (Å²) in [6.45, 7) is 9.32. The summed E-state index contributed by atoms with van der Waals surface area (Å²) in [6, 6.07) is 6.13. The maximum atomic E-state index is 12.8. The number of aromatic nitrogens is 5. The number of hydrogen-bond donors (Lipinski definition) is 2. The van der Waals surface area contributed by atoms with Gasteiger partial charge in [-0.15, -0.1) is 0 Å². The van der Waals surface area contributed by atoms with Gasteiger partial charge in [0, 0.05) is 25.9 Å². The molecule has 0 aliphatic carbocycles. The molecule has 0 spiro atoms. The zero-order chi connectivity index (χ0) is 25.1. The van der Waals surface area contributed by atoms with E-state index in [9.17, 15) is 14.4 Å². The molecular formula is C25H32N6O3S. The molecule has 2 N–H and O–H groups in total. The van der Waals surface area contributed by atoms with E-state index in [1.807, 2.05) is 17.6 Å². The zero-order valence-corrected chi connectivity index (χ0v) is 21.5. The smallest absolute Gasteiger partial charge is 0.322 e. The first-order valence-corrected chi connectivity index (χ1v) is 13.0. The molecule has 3 heterocycles. The molecule has 0 fully saturated rings. The second-order valence-corrected chi connectivity index (χ2v) is 10.2. The van der Waals surface area contributed by atoms with Gasteiger partial charge in [-0.3, -0.25) is 19.1 Å². The number of rotatable bonds is 10. The number of aryl methyl sites for hydroxylation is 3. The molecule has 4 rings (SSSR count). The van der Waals surface area contributed by atoms with E-state index in [4.69, 9.17) is 0 Å². The van der Waals surface area contributed by atoms with E-state index in [-0.39, 0.29) is 18.2 Å². The Hall–Kier alpha value is -3.27. The van der Waals surface area contributed by atoms with Crippen molar-refractivity contribution in [2.24, 2.45) is 5.92 Å². The fourth-order valence-electron chi connectivity index (χ4n) is 4.14. The van der Waals surface area contributed by atoms with E-state index in [2.05, 4.69) is 53.2 Å². The van der Waals surface area contributed by atoms with Gasteiger partial charge in [0.05, 0.1) is 10.2 Å². The van der Waals surface area contributed by atoms with Gasteiger partial charge in [0.2, 0.25) is 5.91 Å². The van der Waals surface area contributed by atoms with Gasteiger partial charge in [0.1, 0.15) is 5.82 Å². The third kappa shape index (κ3) is 5.37. The van der Waals surface area contributed by atoms with Gasteiger partial charge in [0.25, 0.3) is 5.56 Å². The maximum absolute atomic E-state index is 12.8. The fraction of sp³-hybridized carbons (Fsp3) is 0.480. The van der Waals surface area contributed by atoms with Crippen molar-refractivity contribution >= 4 is 43.8 Å². The van der Waals surface area contributed by atoms with Crippen LogP contribution in [0.5, 0.6) is 0 Å². The number of nitrogens with zero attached hydrogens (tertiary/aromatic N) is 4. The number of carbonyl (C=O) groups is 1. The molecule has 9 nitrogen and oxygen atoms in total. The third-order valence-electron chi connectivity index (χ3n) is 5.93. The van der Waals surface area contributed by atoms with Crippen LogP contribution in [0.3, 0.4) is 0 Å². The largest absolute Gasteiger partial charge is 0.330 e. The molecule has 3 aromatic heterocycles. The van der Waals surface area contributed by atoms with E-state index in [0.717, 1.165) is 29.5 Å². The van der Waals surface area contributed by atoms with E-state index >= 15 is 0 Å². The van der Waals surface area contributed by atoms with E-state index in [0.29, 0.717) is 41.6 Å². The number of aromatic amines is 1. The minimum Gasteiger partial charge on any atom is -0.322 e. The molecule has 4 aromatic rings. The standard InChI is InChI=1S/C25H32N6O3S/c1-5-7-12-30-22-21(23(33)29-25(30)34)31(14-15(3)4)19(27-22)10-11-20(32)28-24-26-17-9-8-16(6-2)13-18(17)35-24/h8-9,13,15H,5-7,10-12,14H2,1-4H3,(H,26,28,32)(H,29,33,34). The summed E-state index contributed by atoms with van der Waals surface area (Å²) < 4.78 is 4.44. The summed E-state index contributed by atoms with van der Waals surface area (Å²) >= 11 is 1.46. The predicted octanol–water partition coefficient (Wildman–Crippen LogP) is 4.09. The lowest BCUT2D eigenvalue weighted by Gasteiger charge is -2.11. The molecule has 186 valence electrons. The van der Waals surface area contributed by atoms with Crippen molar-refractivity contribution < 1.29 is 4.79 Å². The van der Waals surface area contributed by atoms with Crippen LogP contribution in [0, 0.1) is 5.92 Å². The van der Waals surface area contributed by atoms with Crippen molar-refractivity contribution in [1.82, 2.24) is 24.1 Å². The van der Waals surface area contributed by atoms with Crippen molar-refractivity contribution in [3.05, 3.63) is 50.4 Å². The van der Waals surface area contributed by atoms with E-state index < -0.39 is 11.2 Å². The third-order valence-corrected chi connectivity index (χ3v) is 6.86. The van der Waals surface area contributed by atoms with Gasteiger partial charge in [-0.2, -0.15) is 0 Å². The number of anilines is 1. The number of benzene rings is 1. The average Bonchev–Trinajstić information content (AvgIpc) is 3.37. The van der Waals surface area contributed by atoms with Crippen LogP contribution in [0.25, 0.3) is 21.4 Å². The highest BCUT2D eigenvalue weighted by atomic mass is 32.1. The van der Waals surface area contributed by atoms with Crippen LogP contribution in [0.4, 0.5) is 5.13 Å². The summed E-state index contributed by atoms with van der Waals surface area (Å²) in [5, 5.41) is 3.47. The molecular weight excluding hydrogens is 464 g/mol. The number of unbranched alkanes of at least 4 members (excludes halogenated alkanes) is 1. The minimum atomic E-state index is -0.448. The summed E-state index contributed by atoms with van der Waals surface area (Å²) in [6.07, 6.45) is 3.20. The van der Waals surface area contributed by atoms with Crippen LogP contribution in [0.15, 0.2) is 27.8 Å². The highest BCUT2D eigenvalue weighted by molar-refractivity contribution is 7.22. The first-order valence-electron chi connectivity index (χ1n) is 12.2. The Kier molecular flexibility index (Phi) is 7.49. The Morgan fingerprint density at radius 3 is 2.69 bits per heavy atom. The van der Waals surface area contributed by atoms with Gasteiger partial charge in [-0.25, -0.2) is 14.8 Å². The zero-order valence-electron chi connectivity index (χ0n) is 20.7. The van der Waals surface area contributed by atoms with Crippen molar-refractivity contribution in [3.8, 4) is 0 Å². The molecule has 35 heavy (non-hydrogen) atoms. The van der Waals surface area contributed by atoms with Gasteiger partial charge in [-0.05, 0) is 36.5 Å². The number of H-pyrrole nitrogens is 1. The van der Waals surface area contributed by atoms with Crippen LogP contribution in [0.1, 0.15) is 58.3 Å². The first-order chi connectivity index (χ1) is 16.8. The molecule has 0 radical (unpaired) electrons. The molecule has 0 aliphatic heterocycles. The average molecular weight is 497 g/mol. The number of fused-ring (bicyclic) bond motifs is 2. The highest BCUT2D eigenvalue weighted by Crippen LogP contribution is 2.27. The Balaban J connectivity index is 1.59. The van der Waals surface area contributed by atoms with E-state index in [1.165, 1.54) is 21.5 Å². The molecule has 0 atom stereocenters. The molecule has 1 aromatic carbocycles. The Bertz CT molecular complexity index is 1480.